The van der Waals surface area contributed by atoms with Crippen LogP contribution in [0, 0.1) is 5.82 Å². The summed E-state index contributed by atoms with van der Waals surface area (Å²) in [5.74, 6) is 0.530. The van der Waals surface area contributed by atoms with Gasteiger partial charge in [0, 0.05) is 38.8 Å². The number of methoxy groups -OCH3 is 2. The van der Waals surface area contributed by atoms with Crippen molar-refractivity contribution in [1.82, 2.24) is 9.21 Å². The number of hydrogen-bond donors (Lipinski definition) is 0. The van der Waals surface area contributed by atoms with Crippen molar-refractivity contribution in [3.63, 3.8) is 0 Å². The number of nitrogens with zero attached hydrogens (tertiary/aromatic N) is 2. The average molecular weight is 431 g/mol. The van der Waals surface area contributed by atoms with E-state index >= 15 is 0 Å². The minimum absolute atomic E-state index is 0. The summed E-state index contributed by atoms with van der Waals surface area (Å²) in [6.45, 7) is 2.49. The molecule has 0 unspecified atom stereocenters. The van der Waals surface area contributed by atoms with Crippen molar-refractivity contribution >= 4 is 22.4 Å². The van der Waals surface area contributed by atoms with Gasteiger partial charge in [-0.1, -0.05) is 12.1 Å². The summed E-state index contributed by atoms with van der Waals surface area (Å²) in [6, 6.07) is 11.1. The summed E-state index contributed by atoms with van der Waals surface area (Å²) in [7, 11) is -0.717. The van der Waals surface area contributed by atoms with E-state index in [0.29, 0.717) is 38.5 Å². The minimum atomic E-state index is -3.67. The predicted octanol–water partition coefficient (Wildman–Crippen LogP) is 2.77. The van der Waals surface area contributed by atoms with E-state index in [4.69, 9.17) is 9.47 Å². The number of sulfonamides is 1. The number of piperazine rings is 1. The van der Waals surface area contributed by atoms with E-state index < -0.39 is 10.0 Å². The highest BCUT2D eigenvalue weighted by atomic mass is 35.5. The summed E-state index contributed by atoms with van der Waals surface area (Å²) >= 11 is 0. The second kappa shape index (κ2) is 9.56. The molecule has 6 nitrogen and oxygen atoms in total. The van der Waals surface area contributed by atoms with Gasteiger partial charge in [-0.25, -0.2) is 12.8 Å². The van der Waals surface area contributed by atoms with Crippen molar-refractivity contribution in [1.29, 1.82) is 0 Å². The van der Waals surface area contributed by atoms with Crippen LogP contribution < -0.4 is 9.47 Å². The number of hydrogen-bond acceptors (Lipinski definition) is 5. The maximum atomic E-state index is 13.3. The lowest BCUT2D eigenvalue weighted by Gasteiger charge is -2.34. The quantitative estimate of drug-likeness (QED) is 0.705. The van der Waals surface area contributed by atoms with E-state index in [2.05, 4.69) is 4.90 Å². The smallest absolute Gasteiger partial charge is 0.246 e. The van der Waals surface area contributed by atoms with Gasteiger partial charge in [0.15, 0.2) is 0 Å². The molecule has 0 aliphatic carbocycles. The summed E-state index contributed by atoms with van der Waals surface area (Å²) < 4.78 is 51.2. The Hall–Kier alpha value is -1.87. The third-order valence-corrected chi connectivity index (χ3v) is 6.55. The first-order valence-electron chi connectivity index (χ1n) is 8.63. The molecule has 1 aliphatic heterocycles. The van der Waals surface area contributed by atoms with Crippen LogP contribution in [0.15, 0.2) is 47.4 Å². The lowest BCUT2D eigenvalue weighted by molar-refractivity contribution is 0.181. The third-order valence-electron chi connectivity index (χ3n) is 4.62. The van der Waals surface area contributed by atoms with Crippen molar-refractivity contribution < 1.29 is 22.3 Å². The van der Waals surface area contributed by atoms with Crippen molar-refractivity contribution in [2.75, 3.05) is 40.4 Å². The van der Waals surface area contributed by atoms with Gasteiger partial charge < -0.3 is 9.47 Å². The standard InChI is InChI=1S/C19H23FN2O4S.ClH/c1-25-17-6-7-19(18(13-17)26-2)27(23,24)22-10-8-21(9-11-22)14-15-4-3-5-16(20)12-15;/h3-7,12-13H,8-11,14H2,1-2H3;1H. The Kier molecular flexibility index (Phi) is 7.65. The molecule has 1 fully saturated rings. The molecule has 154 valence electrons. The molecule has 2 aromatic carbocycles. The maximum absolute atomic E-state index is 13.3. The fraction of sp³-hybridized carbons (Fsp3) is 0.368. The Morgan fingerprint density at radius 1 is 1.00 bits per heavy atom. The molecule has 28 heavy (non-hydrogen) atoms. The Morgan fingerprint density at radius 3 is 2.32 bits per heavy atom. The molecule has 0 amide bonds. The monoisotopic (exact) mass is 430 g/mol. The predicted molar refractivity (Wildman–Crippen MR) is 107 cm³/mol. The number of ether oxygens (including phenoxy) is 2. The van der Waals surface area contributed by atoms with Gasteiger partial charge in [-0.05, 0) is 29.8 Å². The van der Waals surface area contributed by atoms with E-state index in [1.807, 2.05) is 6.07 Å². The summed E-state index contributed by atoms with van der Waals surface area (Å²) in [5, 5.41) is 0. The Bertz CT molecular complexity index is 903. The second-order valence-electron chi connectivity index (χ2n) is 6.33. The van der Waals surface area contributed by atoms with Gasteiger partial charge in [0.1, 0.15) is 22.2 Å². The maximum Gasteiger partial charge on any atom is 0.246 e. The molecule has 3 rings (SSSR count). The Morgan fingerprint density at radius 2 is 1.71 bits per heavy atom. The Balaban J connectivity index is 0.00000280. The molecule has 1 saturated heterocycles. The van der Waals surface area contributed by atoms with E-state index in [0.717, 1.165) is 5.56 Å². The lowest BCUT2D eigenvalue weighted by Crippen LogP contribution is -2.48. The molecule has 0 saturated carbocycles. The lowest BCUT2D eigenvalue weighted by atomic mass is 10.2. The van der Waals surface area contributed by atoms with Gasteiger partial charge in [-0.2, -0.15) is 4.31 Å². The van der Waals surface area contributed by atoms with Crippen LogP contribution >= 0.6 is 12.4 Å². The fourth-order valence-electron chi connectivity index (χ4n) is 3.15. The molecule has 0 radical (unpaired) electrons. The van der Waals surface area contributed by atoms with Crippen molar-refractivity contribution in [2.45, 2.75) is 11.4 Å². The van der Waals surface area contributed by atoms with Gasteiger partial charge in [-0.15, -0.1) is 12.4 Å². The number of benzene rings is 2. The SMILES string of the molecule is COc1ccc(S(=O)(=O)N2CCN(Cc3cccc(F)c3)CC2)c(OC)c1.Cl. The Labute approximate surface area is 171 Å². The van der Waals surface area contributed by atoms with Gasteiger partial charge in [0.05, 0.1) is 14.2 Å². The van der Waals surface area contributed by atoms with Crippen LogP contribution in [0.3, 0.4) is 0 Å². The molecular formula is C19H24ClFN2O4S. The number of rotatable bonds is 6. The molecule has 1 heterocycles. The molecule has 0 bridgehead atoms. The first kappa shape index (κ1) is 22.4. The van der Waals surface area contributed by atoms with Crippen LogP contribution in [0.25, 0.3) is 0 Å². The van der Waals surface area contributed by atoms with E-state index in [1.54, 1.807) is 18.2 Å². The van der Waals surface area contributed by atoms with E-state index in [9.17, 15) is 12.8 Å². The summed E-state index contributed by atoms with van der Waals surface area (Å²) in [5.41, 5.74) is 0.878. The molecule has 0 atom stereocenters. The second-order valence-corrected chi connectivity index (χ2v) is 8.23. The zero-order valence-electron chi connectivity index (χ0n) is 15.8. The van der Waals surface area contributed by atoms with Crippen LogP contribution in [-0.2, 0) is 16.6 Å². The van der Waals surface area contributed by atoms with E-state index in [-0.39, 0.29) is 28.9 Å². The fourth-order valence-corrected chi connectivity index (χ4v) is 4.71. The van der Waals surface area contributed by atoms with E-state index in [1.165, 1.54) is 36.7 Å². The van der Waals surface area contributed by atoms with Crippen molar-refractivity contribution in [3.05, 3.63) is 53.8 Å². The molecule has 0 spiro atoms. The molecule has 1 aliphatic rings. The van der Waals surface area contributed by atoms with Crippen LogP contribution in [0.5, 0.6) is 11.5 Å². The average Bonchev–Trinajstić information content (AvgIpc) is 2.68. The van der Waals surface area contributed by atoms with Gasteiger partial charge in [0.25, 0.3) is 0 Å². The van der Waals surface area contributed by atoms with Gasteiger partial charge >= 0.3 is 0 Å². The molecular weight excluding hydrogens is 407 g/mol. The van der Waals surface area contributed by atoms with Gasteiger partial charge in [0.2, 0.25) is 10.0 Å². The highest BCUT2D eigenvalue weighted by Crippen LogP contribution is 2.31. The topological polar surface area (TPSA) is 59.1 Å². The van der Waals surface area contributed by atoms with Crippen LogP contribution in [0.4, 0.5) is 4.39 Å². The molecule has 2 aromatic rings. The summed E-state index contributed by atoms with van der Waals surface area (Å²) in [6.07, 6.45) is 0. The van der Waals surface area contributed by atoms with Gasteiger partial charge in [-0.3, -0.25) is 4.90 Å². The van der Waals surface area contributed by atoms with Crippen LogP contribution in [-0.4, -0.2) is 58.0 Å². The van der Waals surface area contributed by atoms with Crippen LogP contribution in [0.1, 0.15) is 5.56 Å². The first-order chi connectivity index (χ1) is 12.9. The third kappa shape index (κ3) is 4.94. The highest BCUT2D eigenvalue weighted by molar-refractivity contribution is 7.89. The summed E-state index contributed by atoms with van der Waals surface area (Å²) in [4.78, 5) is 2.25. The normalized spacial score (nSPS) is 15.7. The highest BCUT2D eigenvalue weighted by Gasteiger charge is 2.31. The molecule has 9 heteroatoms. The zero-order valence-corrected chi connectivity index (χ0v) is 17.4. The molecule has 0 N–H and O–H groups in total. The zero-order chi connectivity index (χ0) is 19.4. The minimum Gasteiger partial charge on any atom is -0.497 e. The first-order valence-corrected chi connectivity index (χ1v) is 10.1. The van der Waals surface area contributed by atoms with Crippen molar-refractivity contribution in [3.8, 4) is 11.5 Å². The van der Waals surface area contributed by atoms with Crippen molar-refractivity contribution in [2.24, 2.45) is 0 Å². The number of halogens is 2. The largest absolute Gasteiger partial charge is 0.497 e. The molecule has 0 aromatic heterocycles. The van der Waals surface area contributed by atoms with Crippen LogP contribution in [0.2, 0.25) is 0 Å².